The Morgan fingerprint density at radius 2 is 1.39 bits per heavy atom. The summed E-state index contributed by atoms with van der Waals surface area (Å²) in [5, 5.41) is 56.5. The van der Waals surface area contributed by atoms with Crippen molar-refractivity contribution in [3.05, 3.63) is 82.2 Å². The molecule has 5 atom stereocenters. The van der Waals surface area contributed by atoms with E-state index in [1.807, 2.05) is 0 Å². The first-order chi connectivity index (χ1) is 15.6. The Morgan fingerprint density at radius 3 is 1.82 bits per heavy atom. The molecule has 33 heavy (non-hydrogen) atoms. The topological polar surface area (TPSA) is 201 Å². The van der Waals surface area contributed by atoms with Crippen LogP contribution < -0.4 is 0 Å². The lowest BCUT2D eigenvalue weighted by molar-refractivity contribution is -0.184. The minimum atomic E-state index is -3.55. The predicted octanol–water partition coefficient (Wildman–Crippen LogP) is 0.196. The Bertz CT molecular complexity index is 1060. The number of aliphatic hydroxyl groups excluding tert-OH is 3. The Kier molecular flexibility index (Phi) is 8.18. The number of azide groups is 1. The van der Waals surface area contributed by atoms with Gasteiger partial charge in [-0.05, 0) is 12.5 Å². The van der Waals surface area contributed by atoms with Crippen LogP contribution in [0.2, 0.25) is 0 Å². The number of carbonyl (C=O) groups excluding carboxylic acids is 3. The molecule has 2 aromatic carbocycles. The average Bonchev–Trinajstić information content (AvgIpc) is 2.86. The van der Waals surface area contributed by atoms with Gasteiger partial charge in [-0.3, -0.25) is 14.4 Å². The van der Waals surface area contributed by atoms with Gasteiger partial charge < -0.3 is 25.5 Å². The Balaban J connectivity index is 2.75. The van der Waals surface area contributed by atoms with Gasteiger partial charge in [0.2, 0.25) is 11.4 Å². The molecule has 5 unspecified atom stereocenters. The molecule has 11 nitrogen and oxygen atoms in total. The first-order valence-electron chi connectivity index (χ1n) is 9.76. The standard InChI is InChI=1S/C22H23N3O8/c1-13(24-25-23)17(28)22(33,19(30)15-10-6-3-7-11-15)20(31)21(32,16(27)12-26)18(29)14-8-4-2-5-9-14/h2-11,13,16,20,26-27,31-33H,12H2,1H3. The fraction of sp³-hybridized carbons (Fsp3) is 0.318. The number of carbonyl (C=O) groups is 3. The Hall–Kier alpha value is -3.44. The maximum Gasteiger partial charge on any atom is 0.215 e. The van der Waals surface area contributed by atoms with Crippen LogP contribution in [0, 0.1) is 0 Å². The van der Waals surface area contributed by atoms with E-state index in [4.69, 9.17) is 5.53 Å². The number of aliphatic hydroxyl groups is 5. The van der Waals surface area contributed by atoms with Crippen molar-refractivity contribution in [3.63, 3.8) is 0 Å². The van der Waals surface area contributed by atoms with Crippen molar-refractivity contribution < 1.29 is 39.9 Å². The third-order valence-corrected chi connectivity index (χ3v) is 5.26. The van der Waals surface area contributed by atoms with E-state index in [2.05, 4.69) is 10.0 Å². The molecule has 0 aliphatic carbocycles. The highest BCUT2D eigenvalue weighted by molar-refractivity contribution is 6.20. The molecular formula is C22H23N3O8. The van der Waals surface area contributed by atoms with Gasteiger partial charge in [0.05, 0.1) is 12.6 Å². The maximum atomic E-state index is 13.2. The lowest BCUT2D eigenvalue weighted by Gasteiger charge is -2.42. The van der Waals surface area contributed by atoms with Crippen molar-refractivity contribution >= 4 is 17.3 Å². The molecule has 0 aromatic heterocycles. The van der Waals surface area contributed by atoms with Crippen molar-refractivity contribution in [2.24, 2.45) is 5.11 Å². The second-order valence-corrected chi connectivity index (χ2v) is 7.33. The van der Waals surface area contributed by atoms with Crippen molar-refractivity contribution in [2.45, 2.75) is 36.4 Å². The van der Waals surface area contributed by atoms with Crippen molar-refractivity contribution in [3.8, 4) is 0 Å². The summed E-state index contributed by atoms with van der Waals surface area (Å²) in [5.41, 5.74) is 1.17. The summed E-state index contributed by atoms with van der Waals surface area (Å²) < 4.78 is 0. The second-order valence-electron chi connectivity index (χ2n) is 7.33. The fourth-order valence-electron chi connectivity index (χ4n) is 3.36. The molecule has 0 radical (unpaired) electrons. The summed E-state index contributed by atoms with van der Waals surface area (Å²) in [4.78, 5) is 41.9. The van der Waals surface area contributed by atoms with E-state index >= 15 is 0 Å². The third-order valence-electron chi connectivity index (χ3n) is 5.26. The molecule has 0 aliphatic rings. The number of benzene rings is 2. The third kappa shape index (κ3) is 4.69. The molecule has 0 bridgehead atoms. The van der Waals surface area contributed by atoms with E-state index < -0.39 is 53.4 Å². The minimum absolute atomic E-state index is 0.253. The number of hydrogen-bond acceptors (Lipinski definition) is 9. The van der Waals surface area contributed by atoms with E-state index in [-0.39, 0.29) is 11.1 Å². The van der Waals surface area contributed by atoms with E-state index in [0.717, 1.165) is 6.92 Å². The Labute approximate surface area is 188 Å². The summed E-state index contributed by atoms with van der Waals surface area (Å²) >= 11 is 0. The second kappa shape index (κ2) is 10.5. The van der Waals surface area contributed by atoms with Gasteiger partial charge in [-0.25, -0.2) is 0 Å². The molecule has 0 amide bonds. The normalized spacial score (nSPS) is 17.4. The zero-order valence-corrected chi connectivity index (χ0v) is 17.5. The predicted molar refractivity (Wildman–Crippen MR) is 114 cm³/mol. The van der Waals surface area contributed by atoms with Gasteiger partial charge in [-0.2, -0.15) is 0 Å². The minimum Gasteiger partial charge on any atom is -0.394 e. The lowest BCUT2D eigenvalue weighted by Crippen LogP contribution is -2.72. The summed E-state index contributed by atoms with van der Waals surface area (Å²) in [6.07, 6.45) is -5.39. The monoisotopic (exact) mass is 457 g/mol. The van der Waals surface area contributed by atoms with Crippen LogP contribution in [0.5, 0.6) is 0 Å². The van der Waals surface area contributed by atoms with E-state index in [1.54, 1.807) is 0 Å². The van der Waals surface area contributed by atoms with Gasteiger partial charge in [0.25, 0.3) is 0 Å². The molecule has 11 heteroatoms. The first-order valence-corrected chi connectivity index (χ1v) is 9.76. The SMILES string of the molecule is CC(N=[N+]=[N-])C(=O)C(O)(C(=O)c1ccccc1)C(O)C(O)(C(=O)c1ccccc1)C(O)CO. The van der Waals surface area contributed by atoms with Crippen LogP contribution in [0.15, 0.2) is 65.8 Å². The molecule has 0 heterocycles. The number of nitrogens with zero attached hydrogens (tertiary/aromatic N) is 3. The first kappa shape index (κ1) is 25.8. The molecule has 0 aliphatic heterocycles. The van der Waals surface area contributed by atoms with Crippen LogP contribution >= 0.6 is 0 Å². The van der Waals surface area contributed by atoms with Crippen molar-refractivity contribution in [1.82, 2.24) is 0 Å². The molecular weight excluding hydrogens is 434 g/mol. The van der Waals surface area contributed by atoms with Gasteiger partial charge in [0.15, 0.2) is 17.2 Å². The van der Waals surface area contributed by atoms with Crippen LogP contribution in [0.4, 0.5) is 0 Å². The fourth-order valence-corrected chi connectivity index (χ4v) is 3.36. The van der Waals surface area contributed by atoms with Crippen LogP contribution in [-0.4, -0.2) is 78.9 Å². The number of ketones is 3. The van der Waals surface area contributed by atoms with Gasteiger partial charge in [0, 0.05) is 16.0 Å². The smallest absolute Gasteiger partial charge is 0.215 e. The molecule has 0 saturated carbocycles. The van der Waals surface area contributed by atoms with Crippen LogP contribution in [0.25, 0.3) is 10.4 Å². The van der Waals surface area contributed by atoms with E-state index in [0.29, 0.717) is 0 Å². The molecule has 2 aromatic rings. The van der Waals surface area contributed by atoms with Crippen LogP contribution in [-0.2, 0) is 4.79 Å². The van der Waals surface area contributed by atoms with Gasteiger partial charge in [-0.1, -0.05) is 65.8 Å². The van der Waals surface area contributed by atoms with Crippen LogP contribution in [0.3, 0.4) is 0 Å². The highest BCUT2D eigenvalue weighted by Gasteiger charge is 2.63. The van der Waals surface area contributed by atoms with E-state index in [9.17, 15) is 39.9 Å². The van der Waals surface area contributed by atoms with Gasteiger partial charge in [0.1, 0.15) is 12.2 Å². The zero-order chi connectivity index (χ0) is 24.8. The average molecular weight is 457 g/mol. The zero-order valence-electron chi connectivity index (χ0n) is 17.5. The van der Waals surface area contributed by atoms with Crippen molar-refractivity contribution in [2.75, 3.05) is 6.61 Å². The summed E-state index contributed by atoms with van der Waals surface area (Å²) in [5.74, 6) is -4.34. The molecule has 174 valence electrons. The quantitative estimate of drug-likeness (QED) is 0.103. The molecule has 0 fully saturated rings. The summed E-state index contributed by atoms with van der Waals surface area (Å²) in [6.45, 7) is -0.250. The number of Topliss-reactive ketones (excluding diaryl/α,β-unsaturated/α-hetero) is 3. The molecule has 2 rings (SSSR count). The van der Waals surface area contributed by atoms with Crippen molar-refractivity contribution in [1.29, 1.82) is 0 Å². The lowest BCUT2D eigenvalue weighted by atomic mass is 9.70. The molecule has 0 saturated heterocycles. The highest BCUT2D eigenvalue weighted by atomic mass is 16.4. The van der Waals surface area contributed by atoms with Gasteiger partial charge >= 0.3 is 0 Å². The Morgan fingerprint density at radius 1 is 0.939 bits per heavy atom. The molecule has 5 N–H and O–H groups in total. The molecule has 0 spiro atoms. The number of hydrogen-bond donors (Lipinski definition) is 5. The number of rotatable bonds is 11. The largest absolute Gasteiger partial charge is 0.394 e. The van der Waals surface area contributed by atoms with Gasteiger partial charge in [-0.15, -0.1) is 0 Å². The highest BCUT2D eigenvalue weighted by Crippen LogP contribution is 2.33. The summed E-state index contributed by atoms with van der Waals surface area (Å²) in [7, 11) is 0. The van der Waals surface area contributed by atoms with Crippen LogP contribution in [0.1, 0.15) is 27.6 Å². The summed E-state index contributed by atoms with van der Waals surface area (Å²) in [6, 6.07) is 11.8. The maximum absolute atomic E-state index is 13.2. The van der Waals surface area contributed by atoms with E-state index in [1.165, 1.54) is 60.7 Å².